The van der Waals surface area contributed by atoms with Gasteiger partial charge in [-0.05, 0) is 90.9 Å². The normalized spacial score (nSPS) is 36.6. The minimum absolute atomic E-state index is 0.00823. The Bertz CT molecular complexity index is 720. The Kier molecular flexibility index (Phi) is 6.34. The van der Waals surface area contributed by atoms with Crippen LogP contribution in [0.2, 0.25) is 0 Å². The molecule has 2 amide bonds. The highest BCUT2D eigenvalue weighted by molar-refractivity contribution is 5.90. The van der Waals surface area contributed by atoms with Crippen LogP contribution in [0.4, 0.5) is 0 Å². The second kappa shape index (κ2) is 8.62. The molecule has 5 fully saturated rings. The molecule has 2 unspecified atom stereocenters. The second-order valence-corrected chi connectivity index (χ2v) is 11.6. The van der Waals surface area contributed by atoms with Gasteiger partial charge in [0.25, 0.3) is 5.91 Å². The fourth-order valence-corrected chi connectivity index (χ4v) is 7.56. The number of aliphatic hydroxyl groups excluding tert-OH is 1. The molecule has 4 aliphatic carbocycles. The number of β-amino-alcohol motifs (C(OH)–C–C–N with tert-alkyl or cyclic N) is 1. The highest BCUT2D eigenvalue weighted by Crippen LogP contribution is 2.60. The molecule has 4 bridgehead atoms. The molecule has 7 heteroatoms. The fourth-order valence-electron chi connectivity index (χ4n) is 7.56. The molecule has 0 aromatic heterocycles. The first kappa shape index (κ1) is 23.5. The van der Waals surface area contributed by atoms with E-state index in [0.29, 0.717) is 17.8 Å². The van der Waals surface area contributed by atoms with Gasteiger partial charge in [-0.1, -0.05) is 0 Å². The predicted octanol–water partition coefficient (Wildman–Crippen LogP) is 2.74. The molecule has 32 heavy (non-hydrogen) atoms. The van der Waals surface area contributed by atoms with Crippen LogP contribution >= 0.6 is 0 Å². The van der Waals surface area contributed by atoms with Gasteiger partial charge < -0.3 is 19.6 Å². The van der Waals surface area contributed by atoms with Gasteiger partial charge in [-0.15, -0.1) is 0 Å². The van der Waals surface area contributed by atoms with Crippen molar-refractivity contribution < 1.29 is 24.2 Å². The van der Waals surface area contributed by atoms with Crippen molar-refractivity contribution in [2.75, 3.05) is 6.54 Å². The summed E-state index contributed by atoms with van der Waals surface area (Å²) in [7, 11) is 0. The molecule has 1 saturated heterocycles. The van der Waals surface area contributed by atoms with Gasteiger partial charge in [-0.2, -0.15) is 0 Å². The van der Waals surface area contributed by atoms with Crippen LogP contribution in [0.1, 0.15) is 79.6 Å². The largest absolute Gasteiger partial charge is 0.451 e. The van der Waals surface area contributed by atoms with E-state index < -0.39 is 24.2 Å². The molecule has 1 heterocycles. The van der Waals surface area contributed by atoms with Gasteiger partial charge in [0.15, 0.2) is 6.10 Å². The Morgan fingerprint density at radius 2 is 1.41 bits per heavy atom. The van der Waals surface area contributed by atoms with Crippen LogP contribution < -0.4 is 0 Å². The number of rotatable bonds is 6. The van der Waals surface area contributed by atoms with Crippen molar-refractivity contribution in [3.05, 3.63) is 0 Å². The highest BCUT2D eigenvalue weighted by Gasteiger charge is 2.57. The molecule has 0 spiro atoms. The van der Waals surface area contributed by atoms with E-state index >= 15 is 0 Å². The molecule has 3 atom stereocenters. The topological polar surface area (TPSA) is 87.1 Å². The van der Waals surface area contributed by atoms with Gasteiger partial charge in [-0.25, -0.2) is 4.79 Å². The predicted molar refractivity (Wildman–Crippen MR) is 119 cm³/mol. The van der Waals surface area contributed by atoms with Crippen molar-refractivity contribution >= 4 is 17.8 Å². The van der Waals surface area contributed by atoms with Gasteiger partial charge in [0.05, 0.1) is 11.5 Å². The number of nitrogens with zero attached hydrogens (tertiary/aromatic N) is 2. The van der Waals surface area contributed by atoms with Crippen LogP contribution in [-0.2, 0) is 19.1 Å². The van der Waals surface area contributed by atoms with E-state index in [4.69, 9.17) is 4.74 Å². The molecule has 7 nitrogen and oxygen atoms in total. The van der Waals surface area contributed by atoms with Crippen LogP contribution in [0.5, 0.6) is 0 Å². The lowest BCUT2D eigenvalue weighted by molar-refractivity contribution is -0.170. The van der Waals surface area contributed by atoms with E-state index in [1.165, 1.54) is 19.3 Å². The first-order valence-corrected chi connectivity index (χ1v) is 12.5. The maximum absolute atomic E-state index is 13.8. The number of aliphatic hydroxyl groups is 1. The molecular formula is C25H40N2O5. The quantitative estimate of drug-likeness (QED) is 0.632. The van der Waals surface area contributed by atoms with Crippen LogP contribution in [-0.4, -0.2) is 69.6 Å². The van der Waals surface area contributed by atoms with E-state index in [1.54, 1.807) is 16.7 Å². The van der Waals surface area contributed by atoms with Gasteiger partial charge >= 0.3 is 5.97 Å². The average molecular weight is 449 g/mol. The smallest absolute Gasteiger partial charge is 0.329 e. The molecule has 5 rings (SSSR count). The molecule has 5 aliphatic rings. The summed E-state index contributed by atoms with van der Waals surface area (Å²) in [5.74, 6) is 1.09. The summed E-state index contributed by atoms with van der Waals surface area (Å²) in [5, 5.41) is 10.3. The minimum Gasteiger partial charge on any atom is -0.451 e. The molecule has 4 saturated carbocycles. The van der Waals surface area contributed by atoms with Crippen LogP contribution in [0.15, 0.2) is 0 Å². The molecule has 0 radical (unpaired) electrons. The summed E-state index contributed by atoms with van der Waals surface area (Å²) in [6.07, 6.45) is 4.97. The fraction of sp³-hybridized carbons (Fsp3) is 0.880. The number of carbonyl (C=O) groups is 3. The van der Waals surface area contributed by atoms with Gasteiger partial charge in [0.1, 0.15) is 6.04 Å². The summed E-state index contributed by atoms with van der Waals surface area (Å²) < 4.78 is 5.59. The Morgan fingerprint density at radius 1 is 0.906 bits per heavy atom. The third-order valence-electron chi connectivity index (χ3n) is 8.31. The van der Waals surface area contributed by atoms with E-state index in [9.17, 15) is 19.5 Å². The summed E-state index contributed by atoms with van der Waals surface area (Å²) in [4.78, 5) is 43.1. The Morgan fingerprint density at radius 3 is 1.88 bits per heavy atom. The molecule has 1 N–H and O–H groups in total. The summed E-state index contributed by atoms with van der Waals surface area (Å²) in [5.41, 5.74) is -0.370. The highest BCUT2D eigenvalue weighted by atomic mass is 16.5. The number of esters is 1. The first-order chi connectivity index (χ1) is 15.0. The maximum atomic E-state index is 13.8. The Labute approximate surface area is 191 Å². The molecular weight excluding hydrogens is 408 g/mol. The second-order valence-electron chi connectivity index (χ2n) is 11.6. The van der Waals surface area contributed by atoms with Crippen molar-refractivity contribution in [2.45, 2.75) is 110 Å². The number of likely N-dealkylation sites (tertiary alicyclic amines) is 1. The number of ether oxygens (including phenoxy) is 1. The molecule has 180 valence electrons. The van der Waals surface area contributed by atoms with Gasteiger partial charge in [0, 0.05) is 25.0 Å². The average Bonchev–Trinajstić information content (AvgIpc) is 3.07. The third kappa shape index (κ3) is 4.17. The zero-order chi connectivity index (χ0) is 23.4. The molecule has 1 aliphatic heterocycles. The van der Waals surface area contributed by atoms with E-state index in [-0.39, 0.29) is 42.3 Å². The number of carbonyl (C=O) groups excluding carboxylic acids is 3. The van der Waals surface area contributed by atoms with Crippen LogP contribution in [0, 0.1) is 23.2 Å². The van der Waals surface area contributed by atoms with Crippen molar-refractivity contribution in [3.63, 3.8) is 0 Å². The van der Waals surface area contributed by atoms with Crippen molar-refractivity contribution in [2.24, 2.45) is 23.2 Å². The number of amides is 2. The Balaban J connectivity index is 1.46. The zero-order valence-electron chi connectivity index (χ0n) is 20.3. The number of hydrogen-bond acceptors (Lipinski definition) is 5. The lowest BCUT2D eigenvalue weighted by Gasteiger charge is -2.56. The summed E-state index contributed by atoms with van der Waals surface area (Å²) in [6.45, 7) is 9.51. The zero-order valence-corrected chi connectivity index (χ0v) is 20.3. The minimum atomic E-state index is -0.929. The summed E-state index contributed by atoms with van der Waals surface area (Å²) in [6, 6.07) is -0.829. The Hall–Kier alpha value is -1.63. The van der Waals surface area contributed by atoms with Gasteiger partial charge in [-0.3, -0.25) is 9.59 Å². The first-order valence-electron chi connectivity index (χ1n) is 12.5. The lowest BCUT2D eigenvalue weighted by Crippen LogP contribution is -2.57. The van der Waals surface area contributed by atoms with E-state index in [2.05, 4.69) is 0 Å². The standard InChI is InChI=1S/C25H40N2O5/c1-14(2)27(15(3)4)22(29)16(5)32-23(30)21-9-20(28)13-26(21)24(31)25-10-17-6-18(11-25)8-19(7-17)12-25/h14-21,28H,6-13H2,1-5H3/t16?,17?,18?,19?,20?,21-,25?/m0/s1. The van der Waals surface area contributed by atoms with Crippen molar-refractivity contribution in [3.8, 4) is 0 Å². The monoisotopic (exact) mass is 448 g/mol. The molecule has 0 aromatic rings. The SMILES string of the molecule is CC(OC(=O)[C@@H]1CC(O)CN1C(=O)C12CC3CC(CC(C3)C1)C2)C(=O)N(C(C)C)C(C)C. The summed E-state index contributed by atoms with van der Waals surface area (Å²) >= 11 is 0. The van der Waals surface area contributed by atoms with E-state index in [0.717, 1.165) is 19.3 Å². The van der Waals surface area contributed by atoms with Gasteiger partial charge in [0.2, 0.25) is 5.91 Å². The van der Waals surface area contributed by atoms with Crippen molar-refractivity contribution in [1.82, 2.24) is 9.80 Å². The maximum Gasteiger partial charge on any atom is 0.329 e. The van der Waals surface area contributed by atoms with Crippen LogP contribution in [0.3, 0.4) is 0 Å². The van der Waals surface area contributed by atoms with Crippen molar-refractivity contribution in [1.29, 1.82) is 0 Å². The molecule has 0 aromatic carbocycles. The number of hydrogen-bond donors (Lipinski definition) is 1. The van der Waals surface area contributed by atoms with E-state index in [1.807, 2.05) is 27.7 Å². The lowest BCUT2D eigenvalue weighted by atomic mass is 9.49. The third-order valence-corrected chi connectivity index (χ3v) is 8.31. The van der Waals surface area contributed by atoms with Crippen LogP contribution in [0.25, 0.3) is 0 Å².